The topological polar surface area (TPSA) is 78.9 Å². The van der Waals surface area contributed by atoms with E-state index in [0.29, 0.717) is 45.4 Å². The van der Waals surface area contributed by atoms with Gasteiger partial charge in [0.1, 0.15) is 6.17 Å². The second kappa shape index (κ2) is 6.39. The molecule has 7 heteroatoms. The minimum absolute atomic E-state index is 0.0674. The number of urea groups is 1. The molecule has 0 bridgehead atoms. The van der Waals surface area contributed by atoms with Gasteiger partial charge in [-0.1, -0.05) is 0 Å². The lowest BCUT2D eigenvalue weighted by Crippen LogP contribution is -2.51. The van der Waals surface area contributed by atoms with Crippen LogP contribution in [0.4, 0.5) is 9.18 Å². The van der Waals surface area contributed by atoms with E-state index in [2.05, 4.69) is 5.32 Å². The second-order valence-corrected chi connectivity index (χ2v) is 5.54. The van der Waals surface area contributed by atoms with Gasteiger partial charge in [-0.3, -0.25) is 4.79 Å². The number of halogens is 1. The van der Waals surface area contributed by atoms with Crippen molar-refractivity contribution in [3.05, 3.63) is 0 Å². The molecule has 114 valence electrons. The van der Waals surface area contributed by atoms with Gasteiger partial charge in [0.25, 0.3) is 0 Å². The molecule has 0 aromatic carbocycles. The summed E-state index contributed by atoms with van der Waals surface area (Å²) < 4.78 is 18.4. The van der Waals surface area contributed by atoms with E-state index in [9.17, 15) is 19.1 Å². The Labute approximate surface area is 117 Å². The normalized spacial score (nSPS) is 26.1. The van der Waals surface area contributed by atoms with E-state index in [1.165, 1.54) is 4.90 Å². The van der Waals surface area contributed by atoms with Crippen molar-refractivity contribution in [2.24, 2.45) is 5.41 Å². The highest BCUT2D eigenvalue weighted by Gasteiger charge is 2.40. The van der Waals surface area contributed by atoms with Crippen LogP contribution in [0.2, 0.25) is 0 Å². The lowest BCUT2D eigenvalue weighted by Gasteiger charge is -2.35. The summed E-state index contributed by atoms with van der Waals surface area (Å²) in [4.78, 5) is 24.8. The van der Waals surface area contributed by atoms with Crippen molar-refractivity contribution < 1.29 is 23.8 Å². The summed E-state index contributed by atoms with van der Waals surface area (Å²) in [6.07, 6.45) is 0.918. The zero-order valence-electron chi connectivity index (χ0n) is 11.4. The highest BCUT2D eigenvalue weighted by molar-refractivity contribution is 5.78. The van der Waals surface area contributed by atoms with Gasteiger partial charge in [-0.2, -0.15) is 0 Å². The molecule has 6 nitrogen and oxygen atoms in total. The summed E-state index contributed by atoms with van der Waals surface area (Å²) in [6.45, 7) is 1.46. The first-order valence-corrected chi connectivity index (χ1v) is 7.01. The van der Waals surface area contributed by atoms with Gasteiger partial charge in [-0.25, -0.2) is 9.18 Å². The van der Waals surface area contributed by atoms with Gasteiger partial charge in [-0.05, 0) is 25.7 Å². The van der Waals surface area contributed by atoms with E-state index in [4.69, 9.17) is 4.74 Å². The minimum atomic E-state index is -0.981. The van der Waals surface area contributed by atoms with Crippen LogP contribution < -0.4 is 5.32 Å². The van der Waals surface area contributed by atoms with E-state index in [1.54, 1.807) is 0 Å². The molecule has 2 aliphatic heterocycles. The fourth-order valence-electron chi connectivity index (χ4n) is 2.69. The summed E-state index contributed by atoms with van der Waals surface area (Å²) in [5.74, 6) is -0.914. The van der Waals surface area contributed by atoms with E-state index >= 15 is 0 Å². The third-order valence-corrected chi connectivity index (χ3v) is 4.13. The molecule has 1 unspecified atom stereocenters. The van der Waals surface area contributed by atoms with Crippen molar-refractivity contribution in [2.75, 3.05) is 32.8 Å². The van der Waals surface area contributed by atoms with Crippen LogP contribution in [-0.2, 0) is 9.53 Å². The third kappa shape index (κ3) is 3.39. The van der Waals surface area contributed by atoms with Gasteiger partial charge in [0.05, 0.1) is 12.0 Å². The maximum atomic E-state index is 13.3. The Morgan fingerprint density at radius 3 is 2.70 bits per heavy atom. The quantitative estimate of drug-likeness (QED) is 0.812. The van der Waals surface area contributed by atoms with Gasteiger partial charge >= 0.3 is 12.0 Å². The van der Waals surface area contributed by atoms with Crippen LogP contribution in [0, 0.1) is 5.41 Å². The van der Waals surface area contributed by atoms with Crippen LogP contribution in [0.1, 0.15) is 25.7 Å². The van der Waals surface area contributed by atoms with E-state index in [1.807, 2.05) is 0 Å². The molecule has 2 rings (SSSR count). The van der Waals surface area contributed by atoms with Gasteiger partial charge in [0, 0.05) is 26.3 Å². The Hall–Kier alpha value is -1.37. The molecular weight excluding hydrogens is 267 g/mol. The summed E-state index contributed by atoms with van der Waals surface area (Å²) in [5.41, 5.74) is -0.960. The molecule has 2 heterocycles. The number of hydrogen-bond donors (Lipinski definition) is 2. The summed E-state index contributed by atoms with van der Waals surface area (Å²) in [6, 6.07) is -0.375. The number of hydrogen-bond acceptors (Lipinski definition) is 3. The van der Waals surface area contributed by atoms with E-state index in [0.717, 1.165) is 0 Å². The van der Waals surface area contributed by atoms with Gasteiger partial charge in [-0.15, -0.1) is 0 Å². The Kier molecular flexibility index (Phi) is 4.80. The van der Waals surface area contributed by atoms with Crippen LogP contribution in [0.15, 0.2) is 0 Å². The largest absolute Gasteiger partial charge is 0.481 e. The molecule has 0 aromatic rings. The van der Waals surface area contributed by atoms with Crippen molar-refractivity contribution in [1.82, 2.24) is 10.2 Å². The number of nitrogens with zero attached hydrogens (tertiary/aromatic N) is 1. The highest BCUT2D eigenvalue weighted by Crippen LogP contribution is 2.30. The van der Waals surface area contributed by atoms with Gasteiger partial charge in [0.2, 0.25) is 0 Å². The van der Waals surface area contributed by atoms with Gasteiger partial charge in [0.15, 0.2) is 0 Å². The first-order chi connectivity index (χ1) is 9.53. The standard InChI is InChI=1S/C13H21FN2O4/c14-10-2-1-5-16(8-10)12(19)15-9-13(11(17)18)3-6-20-7-4-13/h10H,1-9H2,(H,15,19)(H,17,18). The zero-order valence-corrected chi connectivity index (χ0v) is 11.4. The number of rotatable bonds is 3. The lowest BCUT2D eigenvalue weighted by molar-refractivity contribution is -0.154. The SMILES string of the molecule is O=C(NCC1(C(=O)O)CCOCC1)N1CCCC(F)C1. The molecular formula is C13H21FN2O4. The number of amides is 2. The molecule has 2 N–H and O–H groups in total. The smallest absolute Gasteiger partial charge is 0.317 e. The number of nitrogens with one attached hydrogen (secondary N) is 1. The fourth-order valence-corrected chi connectivity index (χ4v) is 2.69. The van der Waals surface area contributed by atoms with Crippen molar-refractivity contribution >= 4 is 12.0 Å². The molecule has 20 heavy (non-hydrogen) atoms. The molecule has 0 saturated carbocycles. The van der Waals surface area contributed by atoms with E-state index in [-0.39, 0.29) is 19.1 Å². The third-order valence-electron chi connectivity index (χ3n) is 4.13. The summed E-state index contributed by atoms with van der Waals surface area (Å²) >= 11 is 0. The average molecular weight is 288 g/mol. The molecule has 2 saturated heterocycles. The second-order valence-electron chi connectivity index (χ2n) is 5.54. The van der Waals surface area contributed by atoms with Gasteiger partial charge < -0.3 is 20.1 Å². The highest BCUT2D eigenvalue weighted by atomic mass is 19.1. The summed E-state index contributed by atoms with van der Waals surface area (Å²) in [5, 5.41) is 12.0. The monoisotopic (exact) mass is 288 g/mol. The zero-order chi connectivity index (χ0) is 14.6. The number of alkyl halides is 1. The molecule has 2 amide bonds. The van der Waals surface area contributed by atoms with Crippen molar-refractivity contribution in [3.63, 3.8) is 0 Å². The predicted molar refractivity (Wildman–Crippen MR) is 69.2 cm³/mol. The number of carboxylic acids is 1. The Bertz CT molecular complexity index is 371. The summed E-state index contributed by atoms with van der Waals surface area (Å²) in [7, 11) is 0. The average Bonchev–Trinajstić information content (AvgIpc) is 2.45. The maximum absolute atomic E-state index is 13.3. The Balaban J connectivity index is 1.88. The number of piperidine rings is 1. The molecule has 0 aliphatic carbocycles. The number of carboxylic acid groups (broad SMARTS) is 1. The van der Waals surface area contributed by atoms with E-state index < -0.39 is 17.6 Å². The van der Waals surface area contributed by atoms with Crippen LogP contribution >= 0.6 is 0 Å². The number of likely N-dealkylation sites (tertiary alicyclic amines) is 1. The van der Waals surface area contributed by atoms with Crippen LogP contribution in [0.3, 0.4) is 0 Å². The van der Waals surface area contributed by atoms with Crippen LogP contribution in [0.25, 0.3) is 0 Å². The van der Waals surface area contributed by atoms with Crippen LogP contribution in [0.5, 0.6) is 0 Å². The minimum Gasteiger partial charge on any atom is -0.481 e. The molecule has 2 fully saturated rings. The predicted octanol–water partition coefficient (Wildman–Crippen LogP) is 1.01. The molecule has 0 radical (unpaired) electrons. The van der Waals surface area contributed by atoms with Crippen molar-refractivity contribution in [1.29, 1.82) is 0 Å². The fraction of sp³-hybridized carbons (Fsp3) is 0.846. The van der Waals surface area contributed by atoms with Crippen LogP contribution in [-0.4, -0.2) is 61.0 Å². The number of aliphatic carboxylic acids is 1. The number of carbonyl (C=O) groups excluding carboxylic acids is 1. The lowest BCUT2D eigenvalue weighted by atomic mass is 9.80. The first kappa shape index (κ1) is 15.0. The molecule has 2 aliphatic rings. The molecule has 1 atom stereocenters. The molecule has 0 aromatic heterocycles. The number of ether oxygens (including phenoxy) is 1. The Morgan fingerprint density at radius 2 is 2.10 bits per heavy atom. The van der Waals surface area contributed by atoms with Crippen molar-refractivity contribution in [3.8, 4) is 0 Å². The number of carbonyl (C=O) groups is 2. The first-order valence-electron chi connectivity index (χ1n) is 7.01. The van der Waals surface area contributed by atoms with Crippen molar-refractivity contribution in [2.45, 2.75) is 31.9 Å². The Morgan fingerprint density at radius 1 is 1.40 bits per heavy atom. The molecule has 0 spiro atoms. The maximum Gasteiger partial charge on any atom is 0.317 e.